The molecule has 0 aliphatic carbocycles. The maximum atomic E-state index is 3.96. The van der Waals surface area contributed by atoms with Crippen LogP contribution in [0, 0.1) is 6.92 Å². The lowest BCUT2D eigenvalue weighted by Gasteiger charge is -1.64. The summed E-state index contributed by atoms with van der Waals surface area (Å²) in [7, 11) is 3.75. The fourth-order valence-corrected chi connectivity index (χ4v) is 0.819. The third-order valence-corrected chi connectivity index (χ3v) is 1.22. The minimum Gasteiger partial charge on any atom is -0.323 e. The molecule has 0 radical (unpaired) electrons. The second-order valence-corrected chi connectivity index (χ2v) is 2.31. The van der Waals surface area contributed by atoms with Crippen LogP contribution in [0.15, 0.2) is 11.4 Å². The molecule has 0 saturated carbocycles. The Morgan fingerprint density at radius 2 is 2.11 bits per heavy atom. The van der Waals surface area contributed by atoms with Gasteiger partial charge < -0.3 is 5.32 Å². The third kappa shape index (κ3) is 5.46. The zero-order valence-corrected chi connectivity index (χ0v) is 6.83. The van der Waals surface area contributed by atoms with Gasteiger partial charge in [-0.15, -0.1) is 0 Å². The minimum atomic E-state index is 1.11. The molecule has 9 heavy (non-hydrogen) atoms. The van der Waals surface area contributed by atoms with Crippen LogP contribution in [0.3, 0.4) is 0 Å². The van der Waals surface area contributed by atoms with Crippen LogP contribution in [-0.2, 0) is 0 Å². The summed E-state index contributed by atoms with van der Waals surface area (Å²) in [5.41, 5.74) is 1.11. The van der Waals surface area contributed by atoms with Crippen LogP contribution in [-0.4, -0.2) is 18.5 Å². The van der Waals surface area contributed by atoms with E-state index in [1.54, 1.807) is 0 Å². The zero-order valence-electron chi connectivity index (χ0n) is 6.01. The lowest BCUT2D eigenvalue weighted by molar-refractivity contribution is 1.02. The molecule has 0 bridgehead atoms. The van der Waals surface area contributed by atoms with Crippen molar-refractivity contribution < 1.29 is 0 Å². The van der Waals surface area contributed by atoms with Crippen molar-refractivity contribution in [1.29, 1.82) is 0 Å². The summed E-state index contributed by atoms with van der Waals surface area (Å²) in [6.07, 6.45) is 0. The Morgan fingerprint density at radius 3 is 2.22 bits per heavy atom. The van der Waals surface area contributed by atoms with E-state index < -0.39 is 0 Å². The molecule has 1 aromatic heterocycles. The summed E-state index contributed by atoms with van der Waals surface area (Å²) in [5.74, 6) is 0. The molecule has 0 spiro atoms. The minimum absolute atomic E-state index is 1.11. The van der Waals surface area contributed by atoms with Crippen molar-refractivity contribution in [1.82, 2.24) is 9.69 Å². The lowest BCUT2D eigenvalue weighted by Crippen LogP contribution is -1.89. The molecule has 1 N–H and O–H groups in total. The van der Waals surface area contributed by atoms with Gasteiger partial charge in [0.15, 0.2) is 0 Å². The number of rotatable bonds is 0. The monoisotopic (exact) mass is 144 g/mol. The predicted molar refractivity (Wildman–Crippen MR) is 41.8 cm³/mol. The van der Waals surface area contributed by atoms with Gasteiger partial charge in [-0.3, -0.25) is 0 Å². The molecule has 0 unspecified atom stereocenters. The smallest absolute Gasteiger partial charge is 0.0511 e. The van der Waals surface area contributed by atoms with Crippen LogP contribution < -0.4 is 5.32 Å². The second kappa shape index (κ2) is 5.72. The van der Waals surface area contributed by atoms with E-state index in [0.717, 1.165) is 5.69 Å². The maximum Gasteiger partial charge on any atom is 0.0511 e. The van der Waals surface area contributed by atoms with Crippen LogP contribution in [0.4, 0.5) is 0 Å². The van der Waals surface area contributed by atoms with Gasteiger partial charge in [-0.1, -0.05) is 0 Å². The van der Waals surface area contributed by atoms with Crippen molar-refractivity contribution in [2.45, 2.75) is 6.92 Å². The van der Waals surface area contributed by atoms with E-state index in [1.165, 1.54) is 11.5 Å². The van der Waals surface area contributed by atoms with Gasteiger partial charge >= 0.3 is 0 Å². The van der Waals surface area contributed by atoms with Crippen LogP contribution in [0.5, 0.6) is 0 Å². The number of hydrogen-bond acceptors (Lipinski definition) is 3. The average molecular weight is 144 g/mol. The summed E-state index contributed by atoms with van der Waals surface area (Å²) < 4.78 is 3.96. The van der Waals surface area contributed by atoms with Gasteiger partial charge in [-0.25, -0.2) is 0 Å². The highest BCUT2D eigenvalue weighted by Crippen LogP contribution is 1.94. The molecule has 1 rings (SSSR count). The van der Waals surface area contributed by atoms with Crippen molar-refractivity contribution in [2.24, 2.45) is 0 Å². The van der Waals surface area contributed by atoms with Gasteiger partial charge in [0.25, 0.3) is 0 Å². The van der Waals surface area contributed by atoms with Crippen molar-refractivity contribution in [3.63, 3.8) is 0 Å². The SMILES string of the molecule is CNC.Cc1ccsn1. The van der Waals surface area contributed by atoms with Gasteiger partial charge in [-0.05, 0) is 38.6 Å². The first-order valence-electron chi connectivity index (χ1n) is 2.76. The molecule has 1 heterocycles. The molecule has 0 aliphatic heterocycles. The Balaban J connectivity index is 0.000000187. The summed E-state index contributed by atoms with van der Waals surface area (Å²) in [5, 5.41) is 4.72. The van der Waals surface area contributed by atoms with Crippen molar-refractivity contribution >= 4 is 11.5 Å². The largest absolute Gasteiger partial charge is 0.323 e. The third-order valence-electron chi connectivity index (χ3n) is 0.567. The van der Waals surface area contributed by atoms with Gasteiger partial charge in [-0.2, -0.15) is 4.37 Å². The van der Waals surface area contributed by atoms with E-state index in [1.807, 2.05) is 32.5 Å². The summed E-state index contributed by atoms with van der Waals surface area (Å²) in [6, 6.07) is 1.99. The van der Waals surface area contributed by atoms with E-state index in [-0.39, 0.29) is 0 Å². The number of hydrogen-bond donors (Lipinski definition) is 1. The molecular formula is C6H12N2S. The summed E-state index contributed by atoms with van der Waals surface area (Å²) >= 11 is 1.49. The first kappa shape index (κ1) is 8.59. The van der Waals surface area contributed by atoms with Crippen LogP contribution in [0.2, 0.25) is 0 Å². The quantitative estimate of drug-likeness (QED) is 0.593. The van der Waals surface area contributed by atoms with Crippen molar-refractivity contribution in [3.05, 3.63) is 17.1 Å². The van der Waals surface area contributed by atoms with E-state index in [2.05, 4.69) is 9.69 Å². The Hall–Kier alpha value is -0.410. The molecule has 52 valence electrons. The normalized spacial score (nSPS) is 7.89. The molecule has 2 nitrogen and oxygen atoms in total. The first-order valence-corrected chi connectivity index (χ1v) is 3.60. The Labute approximate surface area is 60.1 Å². The molecule has 0 fully saturated rings. The molecule has 0 atom stereocenters. The highest BCUT2D eigenvalue weighted by Gasteiger charge is 1.76. The van der Waals surface area contributed by atoms with E-state index in [9.17, 15) is 0 Å². The van der Waals surface area contributed by atoms with Gasteiger partial charge in [0.1, 0.15) is 0 Å². The fourth-order valence-electron chi connectivity index (χ4n) is 0.273. The predicted octanol–water partition coefficient (Wildman–Crippen LogP) is 1.29. The fraction of sp³-hybridized carbons (Fsp3) is 0.500. The van der Waals surface area contributed by atoms with Gasteiger partial charge in [0, 0.05) is 5.38 Å². The molecule has 0 amide bonds. The molecule has 1 aromatic rings. The van der Waals surface area contributed by atoms with Crippen LogP contribution in [0.25, 0.3) is 0 Å². The van der Waals surface area contributed by atoms with E-state index in [4.69, 9.17) is 0 Å². The van der Waals surface area contributed by atoms with Crippen molar-refractivity contribution in [2.75, 3.05) is 14.1 Å². The molecule has 3 heteroatoms. The Bertz CT molecular complexity index is 126. The highest BCUT2D eigenvalue weighted by atomic mass is 32.1. The van der Waals surface area contributed by atoms with Gasteiger partial charge in [0.2, 0.25) is 0 Å². The first-order chi connectivity index (χ1) is 4.31. The maximum absolute atomic E-state index is 3.96. The molecule has 0 aromatic carbocycles. The number of aromatic nitrogens is 1. The van der Waals surface area contributed by atoms with Crippen LogP contribution in [0.1, 0.15) is 5.69 Å². The Kier molecular flexibility index (Phi) is 5.46. The van der Waals surface area contributed by atoms with Crippen LogP contribution >= 0.6 is 11.5 Å². The van der Waals surface area contributed by atoms with E-state index >= 15 is 0 Å². The summed E-state index contributed by atoms with van der Waals surface area (Å²) in [4.78, 5) is 0. The zero-order chi connectivity index (χ0) is 7.11. The number of aryl methyl sites for hydroxylation is 1. The standard InChI is InChI=1S/C4H5NS.C2H7N/c1-4-2-3-6-5-4;1-3-2/h2-3H,1H3;3H,1-2H3. The number of nitrogens with zero attached hydrogens (tertiary/aromatic N) is 1. The van der Waals surface area contributed by atoms with Gasteiger partial charge in [0.05, 0.1) is 5.69 Å². The number of nitrogens with one attached hydrogen (secondary N) is 1. The highest BCUT2D eigenvalue weighted by molar-refractivity contribution is 7.03. The second-order valence-electron chi connectivity index (χ2n) is 1.64. The lowest BCUT2D eigenvalue weighted by atomic mass is 10.5. The topological polar surface area (TPSA) is 24.9 Å². The molecule has 0 aliphatic rings. The Morgan fingerprint density at radius 1 is 1.56 bits per heavy atom. The van der Waals surface area contributed by atoms with E-state index in [0.29, 0.717) is 0 Å². The average Bonchev–Trinajstić information content (AvgIpc) is 2.20. The van der Waals surface area contributed by atoms with Crippen molar-refractivity contribution in [3.8, 4) is 0 Å². The summed E-state index contributed by atoms with van der Waals surface area (Å²) in [6.45, 7) is 1.98. The molecular weight excluding hydrogens is 132 g/mol. The molecule has 0 saturated heterocycles.